The van der Waals surface area contributed by atoms with Crippen molar-refractivity contribution in [2.24, 2.45) is 5.84 Å². The molecule has 19 heavy (non-hydrogen) atoms. The second-order valence-electron chi connectivity index (χ2n) is 4.72. The number of ether oxygens (including phenoxy) is 1. The normalized spacial score (nSPS) is 13.3. The Morgan fingerprint density at radius 1 is 1.42 bits per heavy atom. The van der Waals surface area contributed by atoms with Crippen LogP contribution >= 0.6 is 0 Å². The zero-order valence-electron chi connectivity index (χ0n) is 11.6. The average Bonchev–Trinajstić information content (AvgIpc) is 2.33. The molecule has 1 aromatic rings. The summed E-state index contributed by atoms with van der Waals surface area (Å²) in [5.74, 6) is 6.55. The van der Waals surface area contributed by atoms with Gasteiger partial charge in [0.05, 0.1) is 7.11 Å². The highest BCUT2D eigenvalue weighted by atomic mass is 32.2. The smallest absolute Gasteiger partial charge is 0.147 e. The first-order valence-electron chi connectivity index (χ1n) is 6.15. The molecule has 5 nitrogen and oxygen atoms in total. The lowest BCUT2D eigenvalue weighted by Crippen LogP contribution is -2.28. The highest BCUT2D eigenvalue weighted by Gasteiger charge is 2.12. The third-order valence-electron chi connectivity index (χ3n) is 3.03. The van der Waals surface area contributed by atoms with Crippen molar-refractivity contribution in [3.63, 3.8) is 0 Å². The van der Waals surface area contributed by atoms with Gasteiger partial charge in [-0.15, -0.1) is 0 Å². The molecule has 0 aliphatic heterocycles. The van der Waals surface area contributed by atoms with Crippen molar-refractivity contribution in [3.8, 4) is 5.75 Å². The number of hydrogen-bond donors (Lipinski definition) is 2. The molecule has 0 aliphatic rings. The van der Waals surface area contributed by atoms with Crippen LogP contribution < -0.4 is 16.0 Å². The number of benzene rings is 1. The minimum atomic E-state index is -2.92. The van der Waals surface area contributed by atoms with Gasteiger partial charge < -0.3 is 4.74 Å². The number of sulfone groups is 1. The molecule has 0 saturated heterocycles. The monoisotopic (exact) mass is 286 g/mol. The average molecular weight is 286 g/mol. The molecular formula is C13H22N2O3S. The van der Waals surface area contributed by atoms with E-state index in [0.29, 0.717) is 12.8 Å². The van der Waals surface area contributed by atoms with Crippen molar-refractivity contribution < 1.29 is 13.2 Å². The van der Waals surface area contributed by atoms with Crippen LogP contribution in [0.1, 0.15) is 30.0 Å². The van der Waals surface area contributed by atoms with Gasteiger partial charge in [0, 0.05) is 18.1 Å². The van der Waals surface area contributed by atoms with E-state index in [1.54, 1.807) is 7.11 Å². The Hall–Kier alpha value is -1.11. The molecule has 6 heteroatoms. The molecule has 108 valence electrons. The summed E-state index contributed by atoms with van der Waals surface area (Å²) in [5, 5.41) is 0. The largest absolute Gasteiger partial charge is 0.496 e. The second kappa shape index (κ2) is 6.88. The lowest BCUT2D eigenvalue weighted by molar-refractivity contribution is 0.411. The van der Waals surface area contributed by atoms with Crippen LogP contribution in [0.15, 0.2) is 18.2 Å². The lowest BCUT2D eigenvalue weighted by Gasteiger charge is -2.17. The van der Waals surface area contributed by atoms with E-state index in [1.165, 1.54) is 6.26 Å². The van der Waals surface area contributed by atoms with Gasteiger partial charge in [0.2, 0.25) is 0 Å². The minimum absolute atomic E-state index is 0.0497. The Kier molecular flexibility index (Phi) is 5.78. The molecule has 0 bridgehead atoms. The summed E-state index contributed by atoms with van der Waals surface area (Å²) < 4.78 is 27.4. The summed E-state index contributed by atoms with van der Waals surface area (Å²) in [4.78, 5) is 0. The SMILES string of the molecule is COc1ccc(C(CCCS(C)(=O)=O)NN)cc1C. The number of aryl methyl sites for hydroxylation is 1. The maximum absolute atomic E-state index is 11.1. The van der Waals surface area contributed by atoms with Crippen molar-refractivity contribution in [2.45, 2.75) is 25.8 Å². The Balaban J connectivity index is 2.72. The first-order valence-corrected chi connectivity index (χ1v) is 8.22. The third-order valence-corrected chi connectivity index (χ3v) is 4.06. The van der Waals surface area contributed by atoms with Crippen molar-refractivity contribution >= 4 is 9.84 Å². The fourth-order valence-electron chi connectivity index (χ4n) is 2.01. The maximum atomic E-state index is 11.1. The van der Waals surface area contributed by atoms with E-state index >= 15 is 0 Å². The number of nitrogens with one attached hydrogen (secondary N) is 1. The van der Waals surface area contributed by atoms with Crippen LogP contribution in [0.25, 0.3) is 0 Å². The molecule has 0 heterocycles. The van der Waals surface area contributed by atoms with Crippen LogP contribution in [0.5, 0.6) is 5.75 Å². The van der Waals surface area contributed by atoms with Crippen LogP contribution in [0.2, 0.25) is 0 Å². The molecule has 1 atom stereocenters. The van der Waals surface area contributed by atoms with E-state index < -0.39 is 9.84 Å². The molecule has 0 spiro atoms. The molecule has 0 aliphatic carbocycles. The van der Waals surface area contributed by atoms with Crippen LogP contribution in [0, 0.1) is 6.92 Å². The molecular weight excluding hydrogens is 264 g/mol. The summed E-state index contributed by atoms with van der Waals surface area (Å²) in [6.45, 7) is 1.96. The van der Waals surface area contributed by atoms with E-state index in [2.05, 4.69) is 5.43 Å². The zero-order chi connectivity index (χ0) is 14.5. The van der Waals surface area contributed by atoms with Gasteiger partial charge in [-0.3, -0.25) is 11.3 Å². The Labute approximate surface area is 115 Å². The van der Waals surface area contributed by atoms with E-state index in [9.17, 15) is 8.42 Å². The van der Waals surface area contributed by atoms with Crippen molar-refractivity contribution in [3.05, 3.63) is 29.3 Å². The van der Waals surface area contributed by atoms with Gasteiger partial charge in [-0.25, -0.2) is 8.42 Å². The molecule has 0 amide bonds. The molecule has 0 saturated carbocycles. The molecule has 0 fully saturated rings. The maximum Gasteiger partial charge on any atom is 0.147 e. The number of nitrogens with two attached hydrogens (primary N) is 1. The zero-order valence-corrected chi connectivity index (χ0v) is 12.5. The van der Waals surface area contributed by atoms with Gasteiger partial charge in [-0.05, 0) is 37.0 Å². The van der Waals surface area contributed by atoms with Crippen LogP contribution in [0.3, 0.4) is 0 Å². The predicted molar refractivity (Wildman–Crippen MR) is 76.7 cm³/mol. The van der Waals surface area contributed by atoms with Gasteiger partial charge in [0.15, 0.2) is 0 Å². The molecule has 1 rings (SSSR count). The molecule has 1 aromatic carbocycles. The number of hydrazine groups is 1. The second-order valence-corrected chi connectivity index (χ2v) is 6.98. The summed E-state index contributed by atoms with van der Waals surface area (Å²) in [7, 11) is -1.29. The quantitative estimate of drug-likeness (QED) is 0.584. The van der Waals surface area contributed by atoms with Crippen LogP contribution in [-0.2, 0) is 9.84 Å². The molecule has 0 aromatic heterocycles. The number of hydrogen-bond acceptors (Lipinski definition) is 5. The number of methoxy groups -OCH3 is 1. The van der Waals surface area contributed by atoms with Gasteiger partial charge in [0.25, 0.3) is 0 Å². The Morgan fingerprint density at radius 2 is 2.11 bits per heavy atom. The van der Waals surface area contributed by atoms with Crippen LogP contribution in [-0.4, -0.2) is 27.5 Å². The number of rotatable bonds is 7. The van der Waals surface area contributed by atoms with Crippen molar-refractivity contribution in [1.82, 2.24) is 5.43 Å². The highest BCUT2D eigenvalue weighted by molar-refractivity contribution is 7.90. The first-order chi connectivity index (χ1) is 8.87. The highest BCUT2D eigenvalue weighted by Crippen LogP contribution is 2.24. The van der Waals surface area contributed by atoms with E-state index in [0.717, 1.165) is 16.9 Å². The van der Waals surface area contributed by atoms with Gasteiger partial charge in [-0.1, -0.05) is 12.1 Å². The fourth-order valence-corrected chi connectivity index (χ4v) is 2.71. The van der Waals surface area contributed by atoms with Gasteiger partial charge >= 0.3 is 0 Å². The van der Waals surface area contributed by atoms with E-state index in [1.807, 2.05) is 25.1 Å². The summed E-state index contributed by atoms with van der Waals surface area (Å²) in [6, 6.07) is 5.79. The standard InChI is InChI=1S/C13H22N2O3S/c1-10-9-11(6-7-13(10)18-2)12(15-14)5-4-8-19(3,16)17/h6-7,9,12,15H,4-5,8,14H2,1-3H3. The first kappa shape index (κ1) is 15.9. The Bertz CT molecular complexity index is 515. The van der Waals surface area contributed by atoms with Gasteiger partial charge in [-0.2, -0.15) is 0 Å². The summed E-state index contributed by atoms with van der Waals surface area (Å²) >= 11 is 0. The van der Waals surface area contributed by atoms with E-state index in [4.69, 9.17) is 10.6 Å². The molecule has 1 unspecified atom stereocenters. The predicted octanol–water partition coefficient (Wildman–Crippen LogP) is 1.33. The van der Waals surface area contributed by atoms with Crippen molar-refractivity contribution in [2.75, 3.05) is 19.1 Å². The fraction of sp³-hybridized carbons (Fsp3) is 0.538. The Morgan fingerprint density at radius 3 is 2.58 bits per heavy atom. The minimum Gasteiger partial charge on any atom is -0.496 e. The summed E-state index contributed by atoms with van der Waals surface area (Å²) in [5.41, 5.74) is 4.80. The topological polar surface area (TPSA) is 81.4 Å². The molecule has 0 radical (unpaired) electrons. The summed E-state index contributed by atoms with van der Waals surface area (Å²) in [6.07, 6.45) is 2.50. The van der Waals surface area contributed by atoms with E-state index in [-0.39, 0.29) is 11.8 Å². The van der Waals surface area contributed by atoms with Crippen LogP contribution in [0.4, 0.5) is 0 Å². The third kappa shape index (κ3) is 5.18. The molecule has 3 N–H and O–H groups in total. The van der Waals surface area contributed by atoms with Crippen molar-refractivity contribution in [1.29, 1.82) is 0 Å². The lowest BCUT2D eigenvalue weighted by atomic mass is 10.0. The van der Waals surface area contributed by atoms with Gasteiger partial charge in [0.1, 0.15) is 15.6 Å².